The number of aryl methyl sites for hydroxylation is 1. The van der Waals surface area contributed by atoms with E-state index in [9.17, 15) is 4.79 Å². The summed E-state index contributed by atoms with van der Waals surface area (Å²) in [5.74, 6) is 1.11. The summed E-state index contributed by atoms with van der Waals surface area (Å²) in [7, 11) is 0. The summed E-state index contributed by atoms with van der Waals surface area (Å²) in [4.78, 5) is 17.4. The van der Waals surface area contributed by atoms with Crippen LogP contribution in [0.1, 0.15) is 27.2 Å². The molecule has 5 nitrogen and oxygen atoms in total. The number of fused-ring (bicyclic) bond motifs is 1. The fourth-order valence-corrected chi connectivity index (χ4v) is 3.10. The maximum absolute atomic E-state index is 12.8. The molecule has 4 aromatic rings. The molecule has 2 aromatic heterocycles. The normalized spacial score (nSPS) is 10.8. The van der Waals surface area contributed by atoms with Gasteiger partial charge in [-0.05, 0) is 30.7 Å². The minimum atomic E-state index is -0.157. The predicted molar refractivity (Wildman–Crippen MR) is 112 cm³/mol. The van der Waals surface area contributed by atoms with Crippen LogP contribution < -0.4 is 10.1 Å². The highest BCUT2D eigenvalue weighted by molar-refractivity contribution is 6.06. The van der Waals surface area contributed by atoms with E-state index in [4.69, 9.17) is 9.15 Å². The zero-order valence-corrected chi connectivity index (χ0v) is 16.2. The number of hydrogen-bond acceptors (Lipinski definition) is 4. The van der Waals surface area contributed by atoms with Crippen molar-refractivity contribution in [1.29, 1.82) is 0 Å². The Labute approximate surface area is 169 Å². The number of benzene rings is 2. The van der Waals surface area contributed by atoms with Gasteiger partial charge in [-0.25, -0.2) is 4.98 Å². The van der Waals surface area contributed by atoms with E-state index in [2.05, 4.69) is 10.3 Å². The van der Waals surface area contributed by atoms with Crippen LogP contribution in [0.2, 0.25) is 0 Å². The fraction of sp³-hybridized carbons (Fsp3) is 0.167. The maximum atomic E-state index is 12.8. The number of nitrogens with one attached hydrogen (secondary N) is 1. The van der Waals surface area contributed by atoms with Gasteiger partial charge in [-0.1, -0.05) is 48.0 Å². The SMILES string of the molecule is Cc1ccc(COc2cc(C(=O)NCCc3ccco3)c3ccccc3n2)cc1. The van der Waals surface area contributed by atoms with Crippen molar-refractivity contribution in [2.45, 2.75) is 20.0 Å². The Kier molecular flexibility index (Phi) is 5.56. The molecular formula is C24H22N2O3. The average molecular weight is 386 g/mol. The van der Waals surface area contributed by atoms with Gasteiger partial charge in [-0.15, -0.1) is 0 Å². The molecule has 0 radical (unpaired) electrons. The van der Waals surface area contributed by atoms with Gasteiger partial charge in [-0.2, -0.15) is 0 Å². The highest BCUT2D eigenvalue weighted by atomic mass is 16.5. The number of hydrogen-bond donors (Lipinski definition) is 1. The molecule has 0 spiro atoms. The molecular weight excluding hydrogens is 364 g/mol. The number of furan rings is 1. The molecule has 5 heteroatoms. The highest BCUT2D eigenvalue weighted by Crippen LogP contribution is 2.23. The molecule has 2 aromatic carbocycles. The van der Waals surface area contributed by atoms with Crippen molar-refractivity contribution >= 4 is 16.8 Å². The first-order valence-corrected chi connectivity index (χ1v) is 9.58. The van der Waals surface area contributed by atoms with E-state index >= 15 is 0 Å². The van der Waals surface area contributed by atoms with E-state index in [1.54, 1.807) is 12.3 Å². The van der Waals surface area contributed by atoms with Crippen molar-refractivity contribution in [2.24, 2.45) is 0 Å². The molecule has 1 amide bonds. The third kappa shape index (κ3) is 4.63. The summed E-state index contributed by atoms with van der Waals surface area (Å²) >= 11 is 0. The van der Waals surface area contributed by atoms with Crippen molar-refractivity contribution < 1.29 is 13.9 Å². The Bertz CT molecular complexity index is 1100. The number of nitrogens with zero attached hydrogens (tertiary/aromatic N) is 1. The molecule has 0 aliphatic carbocycles. The Morgan fingerprint density at radius 1 is 1.07 bits per heavy atom. The van der Waals surface area contributed by atoms with Crippen molar-refractivity contribution in [3.63, 3.8) is 0 Å². The Morgan fingerprint density at radius 3 is 2.69 bits per heavy atom. The molecule has 0 fully saturated rings. The highest BCUT2D eigenvalue weighted by Gasteiger charge is 2.14. The molecule has 2 heterocycles. The van der Waals surface area contributed by atoms with Crippen molar-refractivity contribution in [2.75, 3.05) is 6.54 Å². The summed E-state index contributed by atoms with van der Waals surface area (Å²) in [6.45, 7) is 2.93. The summed E-state index contributed by atoms with van der Waals surface area (Å²) in [5, 5.41) is 3.75. The molecule has 0 aliphatic heterocycles. The summed E-state index contributed by atoms with van der Waals surface area (Å²) in [6, 6.07) is 21.2. The van der Waals surface area contributed by atoms with E-state index in [0.717, 1.165) is 22.2 Å². The van der Waals surface area contributed by atoms with Crippen LogP contribution >= 0.6 is 0 Å². The topological polar surface area (TPSA) is 64.4 Å². The van der Waals surface area contributed by atoms with Gasteiger partial charge in [-0.3, -0.25) is 4.79 Å². The largest absolute Gasteiger partial charge is 0.473 e. The average Bonchev–Trinajstić information content (AvgIpc) is 3.26. The molecule has 29 heavy (non-hydrogen) atoms. The predicted octanol–water partition coefficient (Wildman–Crippen LogP) is 4.69. The molecule has 0 unspecified atom stereocenters. The minimum Gasteiger partial charge on any atom is -0.473 e. The second kappa shape index (κ2) is 8.61. The van der Waals surface area contributed by atoms with Crippen LogP contribution in [0.4, 0.5) is 0 Å². The molecule has 0 saturated heterocycles. The summed E-state index contributed by atoms with van der Waals surface area (Å²) in [5.41, 5.74) is 3.53. The zero-order valence-electron chi connectivity index (χ0n) is 16.2. The summed E-state index contributed by atoms with van der Waals surface area (Å²) < 4.78 is 11.2. The van der Waals surface area contributed by atoms with Crippen LogP contribution in [0, 0.1) is 6.92 Å². The Morgan fingerprint density at radius 2 is 1.90 bits per heavy atom. The van der Waals surface area contributed by atoms with Gasteiger partial charge in [0.2, 0.25) is 5.88 Å². The first-order chi connectivity index (χ1) is 14.2. The van der Waals surface area contributed by atoms with Crippen LogP contribution in [-0.4, -0.2) is 17.4 Å². The number of carbonyl (C=O) groups is 1. The van der Waals surface area contributed by atoms with Gasteiger partial charge in [0.15, 0.2) is 0 Å². The van der Waals surface area contributed by atoms with Gasteiger partial charge >= 0.3 is 0 Å². The first kappa shape index (κ1) is 18.7. The van der Waals surface area contributed by atoms with E-state index in [1.165, 1.54) is 5.56 Å². The van der Waals surface area contributed by atoms with E-state index in [-0.39, 0.29) is 5.91 Å². The lowest BCUT2D eigenvalue weighted by Gasteiger charge is -2.11. The molecule has 146 valence electrons. The standard InChI is InChI=1S/C24H22N2O3/c1-17-8-10-18(11-9-17)16-29-23-15-21(20-6-2-3-7-22(20)26-23)24(27)25-13-12-19-5-4-14-28-19/h2-11,14-15H,12-13,16H2,1H3,(H,25,27). The van der Waals surface area contributed by atoms with Gasteiger partial charge in [0.25, 0.3) is 5.91 Å². The molecule has 1 N–H and O–H groups in total. The molecule has 0 saturated carbocycles. The number of rotatable bonds is 7. The lowest BCUT2D eigenvalue weighted by atomic mass is 10.1. The second-order valence-corrected chi connectivity index (χ2v) is 6.88. The number of ether oxygens (including phenoxy) is 1. The van der Waals surface area contributed by atoms with Crippen molar-refractivity contribution in [3.8, 4) is 5.88 Å². The number of carbonyl (C=O) groups excluding carboxylic acids is 1. The van der Waals surface area contributed by atoms with Gasteiger partial charge < -0.3 is 14.5 Å². The molecule has 0 atom stereocenters. The van der Waals surface area contributed by atoms with Crippen LogP contribution in [0.5, 0.6) is 5.88 Å². The Balaban J connectivity index is 1.51. The smallest absolute Gasteiger partial charge is 0.252 e. The number of amides is 1. The first-order valence-electron chi connectivity index (χ1n) is 9.58. The number of para-hydroxylation sites is 1. The van der Waals surface area contributed by atoms with Gasteiger partial charge in [0.1, 0.15) is 12.4 Å². The summed E-state index contributed by atoms with van der Waals surface area (Å²) in [6.07, 6.45) is 2.27. The number of aromatic nitrogens is 1. The quantitative estimate of drug-likeness (QED) is 0.501. The van der Waals surface area contributed by atoms with Gasteiger partial charge in [0.05, 0.1) is 17.3 Å². The Hall–Kier alpha value is -3.60. The second-order valence-electron chi connectivity index (χ2n) is 6.88. The molecule has 0 bridgehead atoms. The third-order valence-corrected chi connectivity index (χ3v) is 4.68. The zero-order chi connectivity index (χ0) is 20.1. The fourth-order valence-electron chi connectivity index (χ4n) is 3.10. The third-order valence-electron chi connectivity index (χ3n) is 4.68. The van der Waals surface area contributed by atoms with Crippen molar-refractivity contribution in [3.05, 3.63) is 95.4 Å². The van der Waals surface area contributed by atoms with Gasteiger partial charge in [0, 0.05) is 24.4 Å². The van der Waals surface area contributed by atoms with Crippen molar-refractivity contribution in [1.82, 2.24) is 10.3 Å². The lowest BCUT2D eigenvalue weighted by molar-refractivity contribution is 0.0954. The van der Waals surface area contributed by atoms with E-state index < -0.39 is 0 Å². The van der Waals surface area contributed by atoms with Crippen LogP contribution in [0.3, 0.4) is 0 Å². The molecule has 0 aliphatic rings. The lowest BCUT2D eigenvalue weighted by Crippen LogP contribution is -2.26. The van der Waals surface area contributed by atoms with Crippen LogP contribution in [0.25, 0.3) is 10.9 Å². The maximum Gasteiger partial charge on any atom is 0.252 e. The molecule has 4 rings (SSSR count). The van der Waals surface area contributed by atoms with Crippen LogP contribution in [-0.2, 0) is 13.0 Å². The monoisotopic (exact) mass is 386 g/mol. The van der Waals surface area contributed by atoms with Crippen LogP contribution in [0.15, 0.2) is 77.4 Å². The van der Waals surface area contributed by atoms with E-state index in [0.29, 0.717) is 31.0 Å². The number of pyridine rings is 1. The minimum absolute atomic E-state index is 0.157. The van der Waals surface area contributed by atoms with E-state index in [1.807, 2.05) is 67.6 Å².